The maximum Gasteiger partial charge on any atom is 0.356 e. The molecule has 2 rings (SSSR count). The van der Waals surface area contributed by atoms with Crippen molar-refractivity contribution >= 4 is 33.2 Å². The molecular formula is C11H9BrN2O2S. The first kappa shape index (κ1) is 12.2. The van der Waals surface area contributed by atoms with Gasteiger partial charge >= 0.3 is 5.97 Å². The number of thiophene rings is 1. The normalized spacial score (nSPS) is 10.3. The fourth-order valence-corrected chi connectivity index (χ4v) is 2.70. The van der Waals surface area contributed by atoms with Gasteiger partial charge in [0.25, 0.3) is 0 Å². The lowest BCUT2D eigenvalue weighted by atomic mass is 10.2. The molecule has 0 aliphatic heterocycles. The molecule has 0 unspecified atom stereocenters. The number of rotatable bonds is 2. The number of hydrogen-bond donors (Lipinski definition) is 0. The number of esters is 1. The van der Waals surface area contributed by atoms with E-state index < -0.39 is 5.97 Å². The molecule has 4 nitrogen and oxygen atoms in total. The largest absolute Gasteiger partial charge is 0.464 e. The molecule has 2 aromatic rings. The van der Waals surface area contributed by atoms with Crippen LogP contribution in [0.4, 0.5) is 0 Å². The molecule has 0 saturated heterocycles. The van der Waals surface area contributed by atoms with E-state index in [4.69, 9.17) is 0 Å². The topological polar surface area (TPSA) is 52.1 Å². The second-order valence-corrected chi connectivity index (χ2v) is 5.74. The standard InChI is InChI=1S/C11H9BrN2O2S/c1-6-13-7(9-3-4-10(12)17-9)5-8(14-6)11(15)16-2/h3-5H,1-2H3. The smallest absolute Gasteiger partial charge is 0.356 e. The van der Waals surface area contributed by atoms with Crippen molar-refractivity contribution in [2.45, 2.75) is 6.92 Å². The SMILES string of the molecule is COC(=O)c1cc(-c2ccc(Br)s2)nc(C)n1. The van der Waals surface area contributed by atoms with E-state index in [2.05, 4.69) is 30.6 Å². The molecule has 0 fully saturated rings. The Morgan fingerprint density at radius 2 is 2.18 bits per heavy atom. The molecule has 88 valence electrons. The van der Waals surface area contributed by atoms with E-state index in [1.807, 2.05) is 12.1 Å². The van der Waals surface area contributed by atoms with Gasteiger partial charge in [0.15, 0.2) is 5.69 Å². The highest BCUT2D eigenvalue weighted by Crippen LogP contribution is 2.30. The molecule has 0 atom stereocenters. The van der Waals surface area contributed by atoms with Gasteiger partial charge in [-0.15, -0.1) is 11.3 Å². The first-order valence-corrected chi connectivity index (χ1v) is 6.41. The van der Waals surface area contributed by atoms with Crippen molar-refractivity contribution < 1.29 is 9.53 Å². The predicted molar refractivity (Wildman–Crippen MR) is 69.1 cm³/mol. The first-order valence-electron chi connectivity index (χ1n) is 4.80. The van der Waals surface area contributed by atoms with Crippen LogP contribution in [0, 0.1) is 6.92 Å². The molecule has 0 spiro atoms. The van der Waals surface area contributed by atoms with Crippen LogP contribution in [0.5, 0.6) is 0 Å². The molecule has 0 aliphatic carbocycles. The van der Waals surface area contributed by atoms with Gasteiger partial charge in [-0.05, 0) is 41.1 Å². The van der Waals surface area contributed by atoms with Crippen LogP contribution in [-0.4, -0.2) is 23.0 Å². The van der Waals surface area contributed by atoms with Gasteiger partial charge in [0, 0.05) is 0 Å². The third-order valence-corrected chi connectivity index (χ3v) is 3.70. The Labute approximate surface area is 111 Å². The van der Waals surface area contributed by atoms with Crippen molar-refractivity contribution in [3.8, 4) is 10.6 Å². The molecule has 2 heterocycles. The highest BCUT2D eigenvalue weighted by atomic mass is 79.9. The van der Waals surface area contributed by atoms with Crippen LogP contribution in [0.1, 0.15) is 16.3 Å². The van der Waals surface area contributed by atoms with E-state index in [1.165, 1.54) is 7.11 Å². The van der Waals surface area contributed by atoms with Gasteiger partial charge < -0.3 is 4.74 Å². The summed E-state index contributed by atoms with van der Waals surface area (Å²) >= 11 is 4.94. The van der Waals surface area contributed by atoms with Gasteiger partial charge in [-0.2, -0.15) is 0 Å². The van der Waals surface area contributed by atoms with Crippen molar-refractivity contribution in [2.75, 3.05) is 7.11 Å². The van der Waals surface area contributed by atoms with E-state index in [-0.39, 0.29) is 5.69 Å². The number of carbonyl (C=O) groups is 1. The van der Waals surface area contributed by atoms with E-state index in [0.29, 0.717) is 5.82 Å². The number of ether oxygens (including phenoxy) is 1. The Hall–Kier alpha value is -1.27. The van der Waals surface area contributed by atoms with Crippen molar-refractivity contribution in [2.24, 2.45) is 0 Å². The number of halogens is 1. The minimum atomic E-state index is -0.452. The lowest BCUT2D eigenvalue weighted by molar-refractivity contribution is 0.0593. The molecule has 2 aromatic heterocycles. The zero-order valence-electron chi connectivity index (χ0n) is 9.23. The summed E-state index contributed by atoms with van der Waals surface area (Å²) in [5, 5.41) is 0. The molecule has 0 aromatic carbocycles. The fraction of sp³-hybridized carbons (Fsp3) is 0.182. The summed E-state index contributed by atoms with van der Waals surface area (Å²) < 4.78 is 5.67. The molecule has 17 heavy (non-hydrogen) atoms. The molecule has 0 aliphatic rings. The second kappa shape index (κ2) is 4.93. The van der Waals surface area contributed by atoms with E-state index in [1.54, 1.807) is 24.3 Å². The summed E-state index contributed by atoms with van der Waals surface area (Å²) in [6, 6.07) is 5.52. The number of aromatic nitrogens is 2. The molecular weight excluding hydrogens is 304 g/mol. The zero-order valence-corrected chi connectivity index (χ0v) is 11.6. The van der Waals surface area contributed by atoms with Gasteiger partial charge in [0.05, 0.1) is 21.5 Å². The molecule has 0 bridgehead atoms. The quantitative estimate of drug-likeness (QED) is 0.800. The van der Waals surface area contributed by atoms with Crippen LogP contribution in [0.25, 0.3) is 10.6 Å². The number of methoxy groups -OCH3 is 1. The van der Waals surface area contributed by atoms with Crippen molar-refractivity contribution in [3.63, 3.8) is 0 Å². The molecule has 0 saturated carbocycles. The lowest BCUT2D eigenvalue weighted by Crippen LogP contribution is -2.06. The third kappa shape index (κ3) is 2.70. The number of aryl methyl sites for hydroxylation is 1. The summed E-state index contributed by atoms with van der Waals surface area (Å²) in [4.78, 5) is 20.8. The summed E-state index contributed by atoms with van der Waals surface area (Å²) in [7, 11) is 1.33. The summed E-state index contributed by atoms with van der Waals surface area (Å²) in [6.07, 6.45) is 0. The van der Waals surface area contributed by atoms with Crippen LogP contribution >= 0.6 is 27.3 Å². The minimum absolute atomic E-state index is 0.277. The van der Waals surface area contributed by atoms with Gasteiger partial charge in [-0.25, -0.2) is 14.8 Å². The fourth-order valence-electron chi connectivity index (χ4n) is 1.36. The Kier molecular flexibility index (Phi) is 3.54. The van der Waals surface area contributed by atoms with Gasteiger partial charge in [0.2, 0.25) is 0 Å². The third-order valence-electron chi connectivity index (χ3n) is 2.06. The minimum Gasteiger partial charge on any atom is -0.464 e. The average Bonchev–Trinajstić information content (AvgIpc) is 2.74. The zero-order chi connectivity index (χ0) is 12.4. The van der Waals surface area contributed by atoms with Crippen LogP contribution in [-0.2, 0) is 4.74 Å². The maximum atomic E-state index is 11.4. The summed E-state index contributed by atoms with van der Waals surface area (Å²) in [5.74, 6) is 0.0970. The van der Waals surface area contributed by atoms with Crippen molar-refractivity contribution in [3.05, 3.63) is 33.5 Å². The monoisotopic (exact) mass is 312 g/mol. The van der Waals surface area contributed by atoms with Crippen LogP contribution in [0.2, 0.25) is 0 Å². The Balaban J connectivity index is 2.48. The highest BCUT2D eigenvalue weighted by molar-refractivity contribution is 9.11. The number of nitrogens with zero attached hydrogens (tertiary/aromatic N) is 2. The Bertz CT molecular complexity index is 568. The van der Waals surface area contributed by atoms with Crippen molar-refractivity contribution in [1.29, 1.82) is 0 Å². The van der Waals surface area contributed by atoms with Crippen LogP contribution in [0.3, 0.4) is 0 Å². The average molecular weight is 313 g/mol. The van der Waals surface area contributed by atoms with Gasteiger partial charge in [-0.3, -0.25) is 0 Å². The number of hydrogen-bond acceptors (Lipinski definition) is 5. The van der Waals surface area contributed by atoms with Crippen molar-refractivity contribution in [1.82, 2.24) is 9.97 Å². The van der Waals surface area contributed by atoms with Crippen LogP contribution < -0.4 is 0 Å². The van der Waals surface area contributed by atoms with E-state index in [9.17, 15) is 4.79 Å². The molecule has 0 radical (unpaired) electrons. The highest BCUT2D eigenvalue weighted by Gasteiger charge is 2.12. The Morgan fingerprint density at radius 3 is 2.76 bits per heavy atom. The summed E-state index contributed by atoms with van der Waals surface area (Å²) in [6.45, 7) is 1.75. The number of carbonyl (C=O) groups excluding carboxylic acids is 1. The maximum absolute atomic E-state index is 11.4. The van der Waals surface area contributed by atoms with Gasteiger partial charge in [0.1, 0.15) is 5.82 Å². The van der Waals surface area contributed by atoms with E-state index >= 15 is 0 Å². The second-order valence-electron chi connectivity index (χ2n) is 3.28. The molecule has 0 amide bonds. The Morgan fingerprint density at radius 1 is 1.41 bits per heavy atom. The molecule has 6 heteroatoms. The first-order chi connectivity index (χ1) is 8.10. The predicted octanol–water partition coefficient (Wildman–Crippen LogP) is 3.06. The van der Waals surface area contributed by atoms with E-state index in [0.717, 1.165) is 14.4 Å². The van der Waals surface area contributed by atoms with Crippen LogP contribution in [0.15, 0.2) is 22.0 Å². The lowest BCUT2D eigenvalue weighted by Gasteiger charge is -2.02. The van der Waals surface area contributed by atoms with Gasteiger partial charge in [-0.1, -0.05) is 0 Å². The summed E-state index contributed by atoms with van der Waals surface area (Å²) in [5.41, 5.74) is 1.01. The molecule has 0 N–H and O–H groups in total.